The molecule has 0 fully saturated rings. The van der Waals surface area contributed by atoms with Crippen molar-refractivity contribution in [1.82, 2.24) is 9.88 Å². The van der Waals surface area contributed by atoms with E-state index < -0.39 is 5.97 Å². The summed E-state index contributed by atoms with van der Waals surface area (Å²) in [7, 11) is 4.63. The normalized spacial score (nSPS) is 11.5. The molecule has 8 nitrogen and oxygen atoms in total. The highest BCUT2D eigenvalue weighted by Gasteiger charge is 2.20. The van der Waals surface area contributed by atoms with Gasteiger partial charge in [0.2, 0.25) is 0 Å². The molecule has 1 amide bonds. The summed E-state index contributed by atoms with van der Waals surface area (Å²) in [5.41, 5.74) is 3.76. The van der Waals surface area contributed by atoms with Gasteiger partial charge < -0.3 is 24.5 Å². The van der Waals surface area contributed by atoms with Crippen molar-refractivity contribution in [3.63, 3.8) is 0 Å². The van der Waals surface area contributed by atoms with Crippen molar-refractivity contribution < 1.29 is 24.2 Å². The summed E-state index contributed by atoms with van der Waals surface area (Å²) in [6.07, 6.45) is 0. The lowest BCUT2D eigenvalue weighted by Gasteiger charge is -2.16. The average Bonchev–Trinajstić information content (AvgIpc) is 3.24. The van der Waals surface area contributed by atoms with Crippen LogP contribution in [0.2, 0.25) is 0 Å². The Labute approximate surface area is 208 Å². The SMILES string of the molecule is COCCN(C)C(=O)c1cccc(N=C(c2ccccc2)c2c(O)[nH]c3cc(C(=O)OC)ccc23)c1. The highest BCUT2D eigenvalue weighted by molar-refractivity contribution is 6.22. The van der Waals surface area contributed by atoms with Crippen LogP contribution in [-0.4, -0.2) is 67.0 Å². The molecule has 4 aromatic rings. The number of methoxy groups -OCH3 is 2. The third kappa shape index (κ3) is 5.13. The first-order valence-electron chi connectivity index (χ1n) is 11.3. The predicted octanol–water partition coefficient (Wildman–Crippen LogP) is 4.55. The number of nitrogens with zero attached hydrogens (tertiary/aromatic N) is 2. The van der Waals surface area contributed by atoms with Crippen LogP contribution in [0.3, 0.4) is 0 Å². The molecule has 1 heterocycles. The number of aromatic nitrogens is 1. The molecule has 0 bridgehead atoms. The lowest BCUT2D eigenvalue weighted by atomic mass is 10.00. The summed E-state index contributed by atoms with van der Waals surface area (Å²) >= 11 is 0. The van der Waals surface area contributed by atoms with E-state index in [0.29, 0.717) is 52.1 Å². The molecule has 0 unspecified atom stereocenters. The minimum Gasteiger partial charge on any atom is -0.494 e. The van der Waals surface area contributed by atoms with Crippen LogP contribution in [0.15, 0.2) is 77.8 Å². The summed E-state index contributed by atoms with van der Waals surface area (Å²) in [6, 6.07) is 21.5. The molecule has 0 saturated heterocycles. The number of aromatic amines is 1. The number of nitrogens with one attached hydrogen (secondary N) is 1. The Hall–Kier alpha value is -4.43. The number of benzene rings is 3. The highest BCUT2D eigenvalue weighted by Crippen LogP contribution is 2.32. The molecule has 3 aromatic carbocycles. The number of H-pyrrole nitrogens is 1. The van der Waals surface area contributed by atoms with Crippen LogP contribution in [0.1, 0.15) is 31.8 Å². The molecule has 0 saturated carbocycles. The van der Waals surface area contributed by atoms with Crippen molar-refractivity contribution in [2.45, 2.75) is 0 Å². The fraction of sp³-hybridized carbons (Fsp3) is 0.179. The number of esters is 1. The van der Waals surface area contributed by atoms with Crippen molar-refractivity contribution >= 4 is 34.2 Å². The van der Waals surface area contributed by atoms with E-state index >= 15 is 0 Å². The zero-order valence-corrected chi connectivity index (χ0v) is 20.3. The van der Waals surface area contributed by atoms with Gasteiger partial charge >= 0.3 is 5.97 Å². The number of carbonyl (C=O) groups excluding carboxylic acids is 2. The van der Waals surface area contributed by atoms with Gasteiger partial charge in [0.25, 0.3) is 5.91 Å². The topological polar surface area (TPSA) is 104 Å². The number of amides is 1. The molecule has 8 heteroatoms. The Bertz CT molecular complexity index is 1430. The van der Waals surface area contributed by atoms with E-state index in [9.17, 15) is 14.7 Å². The predicted molar refractivity (Wildman–Crippen MR) is 138 cm³/mol. The second kappa shape index (κ2) is 10.9. The maximum absolute atomic E-state index is 12.9. The largest absolute Gasteiger partial charge is 0.494 e. The Morgan fingerprint density at radius 1 is 0.944 bits per heavy atom. The van der Waals surface area contributed by atoms with Crippen LogP contribution >= 0.6 is 0 Å². The van der Waals surface area contributed by atoms with E-state index in [1.165, 1.54) is 7.11 Å². The van der Waals surface area contributed by atoms with E-state index in [0.717, 1.165) is 5.56 Å². The minimum atomic E-state index is -0.471. The minimum absolute atomic E-state index is 0.0823. The molecular formula is C28H27N3O5. The summed E-state index contributed by atoms with van der Waals surface area (Å²) in [4.78, 5) is 34.2. The molecule has 0 aliphatic heterocycles. The van der Waals surface area contributed by atoms with Gasteiger partial charge in [-0.2, -0.15) is 0 Å². The van der Waals surface area contributed by atoms with E-state index in [4.69, 9.17) is 14.5 Å². The first kappa shape index (κ1) is 24.7. The molecule has 0 radical (unpaired) electrons. The van der Waals surface area contributed by atoms with Crippen LogP contribution in [0.5, 0.6) is 5.88 Å². The van der Waals surface area contributed by atoms with Gasteiger partial charge in [0.05, 0.1) is 36.2 Å². The monoisotopic (exact) mass is 485 g/mol. The third-order valence-corrected chi connectivity index (χ3v) is 5.80. The van der Waals surface area contributed by atoms with Crippen LogP contribution in [0.25, 0.3) is 10.9 Å². The van der Waals surface area contributed by atoms with Gasteiger partial charge in [0, 0.05) is 42.7 Å². The molecule has 0 atom stereocenters. The standard InChI is InChI=1S/C28H27N3O5/c1-31(14-15-35-2)27(33)19-10-7-11-21(16-19)29-25(18-8-5-4-6-9-18)24-22-13-12-20(28(34)36-3)17-23(22)30-26(24)32/h4-13,16-17,30,32H,14-15H2,1-3H3. The lowest BCUT2D eigenvalue weighted by Crippen LogP contribution is -2.29. The molecular weight excluding hydrogens is 458 g/mol. The van der Waals surface area contributed by atoms with Gasteiger partial charge in [0.15, 0.2) is 5.88 Å². The van der Waals surface area contributed by atoms with Gasteiger partial charge in [0.1, 0.15) is 0 Å². The fourth-order valence-corrected chi connectivity index (χ4v) is 3.92. The maximum atomic E-state index is 12.9. The van der Waals surface area contributed by atoms with Gasteiger partial charge in [-0.05, 0) is 30.3 Å². The van der Waals surface area contributed by atoms with Gasteiger partial charge in [-0.1, -0.05) is 42.5 Å². The van der Waals surface area contributed by atoms with Gasteiger partial charge in [-0.15, -0.1) is 0 Å². The summed E-state index contributed by atoms with van der Waals surface area (Å²) in [5.74, 6) is -0.696. The van der Waals surface area contributed by atoms with Crippen molar-refractivity contribution in [1.29, 1.82) is 0 Å². The Morgan fingerprint density at radius 3 is 2.42 bits per heavy atom. The molecule has 0 aliphatic rings. The maximum Gasteiger partial charge on any atom is 0.337 e. The zero-order chi connectivity index (χ0) is 25.7. The van der Waals surface area contributed by atoms with Crippen molar-refractivity contribution in [3.8, 4) is 5.88 Å². The highest BCUT2D eigenvalue weighted by atomic mass is 16.5. The number of aromatic hydroxyl groups is 1. The Kier molecular flexibility index (Phi) is 7.46. The molecule has 1 aromatic heterocycles. The number of ether oxygens (including phenoxy) is 2. The smallest absolute Gasteiger partial charge is 0.337 e. The van der Waals surface area contributed by atoms with Crippen molar-refractivity contribution in [2.75, 3.05) is 34.4 Å². The first-order valence-corrected chi connectivity index (χ1v) is 11.3. The Morgan fingerprint density at radius 2 is 1.69 bits per heavy atom. The number of hydrogen-bond acceptors (Lipinski definition) is 6. The number of hydrogen-bond donors (Lipinski definition) is 2. The van der Waals surface area contributed by atoms with Crippen molar-refractivity contribution in [3.05, 3.63) is 95.1 Å². The van der Waals surface area contributed by atoms with Crippen LogP contribution in [-0.2, 0) is 9.47 Å². The second-order valence-electron chi connectivity index (χ2n) is 8.20. The van der Waals surface area contributed by atoms with Crippen LogP contribution in [0, 0.1) is 0 Å². The van der Waals surface area contributed by atoms with Crippen molar-refractivity contribution in [2.24, 2.45) is 4.99 Å². The third-order valence-electron chi connectivity index (χ3n) is 5.80. The summed E-state index contributed by atoms with van der Waals surface area (Å²) in [6.45, 7) is 0.907. The van der Waals surface area contributed by atoms with E-state index in [-0.39, 0.29) is 11.8 Å². The first-order chi connectivity index (χ1) is 17.4. The number of aliphatic imine (C=N–C) groups is 1. The lowest BCUT2D eigenvalue weighted by molar-refractivity contribution is 0.0600. The van der Waals surface area contributed by atoms with E-state index in [1.54, 1.807) is 61.5 Å². The van der Waals surface area contributed by atoms with Gasteiger partial charge in [-0.25, -0.2) is 9.79 Å². The van der Waals surface area contributed by atoms with Crippen LogP contribution in [0.4, 0.5) is 5.69 Å². The number of fused-ring (bicyclic) bond motifs is 1. The number of rotatable bonds is 8. The Balaban J connectivity index is 1.82. The number of carbonyl (C=O) groups is 2. The van der Waals surface area contributed by atoms with Crippen LogP contribution < -0.4 is 0 Å². The number of likely N-dealkylation sites (N-methyl/N-ethyl adjacent to an activating group) is 1. The molecule has 2 N–H and O–H groups in total. The second-order valence-corrected chi connectivity index (χ2v) is 8.20. The van der Waals surface area contributed by atoms with Gasteiger partial charge in [-0.3, -0.25) is 4.79 Å². The quantitative estimate of drug-likeness (QED) is 0.282. The summed E-state index contributed by atoms with van der Waals surface area (Å²) < 4.78 is 9.88. The fourth-order valence-electron chi connectivity index (χ4n) is 3.92. The molecule has 0 aliphatic carbocycles. The average molecular weight is 486 g/mol. The molecule has 184 valence electrons. The zero-order valence-electron chi connectivity index (χ0n) is 20.3. The van der Waals surface area contributed by atoms with E-state index in [2.05, 4.69) is 4.98 Å². The summed E-state index contributed by atoms with van der Waals surface area (Å²) in [5, 5.41) is 11.6. The molecule has 0 spiro atoms. The molecule has 36 heavy (non-hydrogen) atoms. The van der Waals surface area contributed by atoms with E-state index in [1.807, 2.05) is 30.3 Å². The molecule has 4 rings (SSSR count).